The zero-order valence-corrected chi connectivity index (χ0v) is 12.0. The number of nitrogens with one attached hydrogen (secondary N) is 1. The number of hydrogen-bond donors (Lipinski definition) is 1. The Kier molecular flexibility index (Phi) is 3.52. The lowest BCUT2D eigenvalue weighted by atomic mass is 10.3. The largest absolute Gasteiger partial charge is 0.322 e. The molecule has 2 aromatic carbocycles. The molecule has 0 aliphatic carbocycles. The molecule has 0 saturated heterocycles. The number of aromatic nitrogens is 2. The molecule has 100 valence electrons. The highest BCUT2D eigenvalue weighted by molar-refractivity contribution is 9.10. The lowest BCUT2D eigenvalue weighted by molar-refractivity contribution is 0.631. The molecule has 0 saturated carbocycles. The number of rotatable bonds is 3. The van der Waals surface area contributed by atoms with Gasteiger partial charge in [-0.3, -0.25) is 4.57 Å². The molecule has 3 nitrogen and oxygen atoms in total. The van der Waals surface area contributed by atoms with Gasteiger partial charge in [0.2, 0.25) is 5.95 Å². The summed E-state index contributed by atoms with van der Waals surface area (Å²) in [5, 5.41) is 3.02. The van der Waals surface area contributed by atoms with E-state index in [-0.39, 0.29) is 5.82 Å². The van der Waals surface area contributed by atoms with E-state index in [1.807, 2.05) is 41.1 Å². The number of imidazole rings is 1. The molecule has 1 heterocycles. The van der Waals surface area contributed by atoms with Crippen LogP contribution < -0.4 is 5.32 Å². The first-order chi connectivity index (χ1) is 9.75. The van der Waals surface area contributed by atoms with Gasteiger partial charge in [-0.25, -0.2) is 9.37 Å². The van der Waals surface area contributed by atoms with Gasteiger partial charge in [-0.05, 0) is 40.2 Å². The number of hydrogen-bond acceptors (Lipinski definition) is 2. The molecule has 1 aromatic heterocycles. The average Bonchev–Trinajstić information content (AvgIpc) is 2.92. The van der Waals surface area contributed by atoms with Gasteiger partial charge in [0.15, 0.2) is 0 Å². The quantitative estimate of drug-likeness (QED) is 0.764. The molecule has 0 atom stereocenters. The van der Waals surface area contributed by atoms with Crippen molar-refractivity contribution in [3.05, 3.63) is 71.2 Å². The van der Waals surface area contributed by atoms with E-state index in [2.05, 4.69) is 26.2 Å². The van der Waals surface area contributed by atoms with E-state index in [0.717, 1.165) is 5.69 Å². The van der Waals surface area contributed by atoms with Crippen molar-refractivity contribution in [1.82, 2.24) is 9.55 Å². The van der Waals surface area contributed by atoms with E-state index in [4.69, 9.17) is 0 Å². The van der Waals surface area contributed by atoms with Gasteiger partial charge in [-0.1, -0.05) is 24.3 Å². The fourth-order valence-corrected chi connectivity index (χ4v) is 2.36. The van der Waals surface area contributed by atoms with Gasteiger partial charge >= 0.3 is 0 Å². The van der Waals surface area contributed by atoms with E-state index in [1.54, 1.807) is 18.3 Å². The molecule has 1 N–H and O–H groups in total. The van der Waals surface area contributed by atoms with Crippen LogP contribution in [0, 0.1) is 5.82 Å². The highest BCUT2D eigenvalue weighted by Crippen LogP contribution is 2.28. The molecule has 0 unspecified atom stereocenters. The molecule has 20 heavy (non-hydrogen) atoms. The first-order valence-corrected chi connectivity index (χ1v) is 6.85. The highest BCUT2D eigenvalue weighted by atomic mass is 79.9. The smallest absolute Gasteiger partial charge is 0.212 e. The van der Waals surface area contributed by atoms with Crippen LogP contribution in [0.4, 0.5) is 16.0 Å². The highest BCUT2D eigenvalue weighted by Gasteiger charge is 2.10. The molecule has 0 spiro atoms. The van der Waals surface area contributed by atoms with E-state index in [0.29, 0.717) is 16.1 Å². The summed E-state index contributed by atoms with van der Waals surface area (Å²) in [6.45, 7) is 0. The molecule has 0 amide bonds. The van der Waals surface area contributed by atoms with Crippen molar-refractivity contribution in [3.8, 4) is 5.69 Å². The first-order valence-electron chi connectivity index (χ1n) is 6.05. The summed E-state index contributed by atoms with van der Waals surface area (Å²) >= 11 is 3.33. The number of anilines is 2. The van der Waals surface area contributed by atoms with Crippen LogP contribution in [-0.2, 0) is 0 Å². The topological polar surface area (TPSA) is 29.9 Å². The third-order valence-corrected chi connectivity index (χ3v) is 3.54. The molecule has 0 radical (unpaired) electrons. The van der Waals surface area contributed by atoms with Gasteiger partial charge in [0.25, 0.3) is 0 Å². The Bertz CT molecular complexity index is 705. The molecule has 5 heteroatoms. The summed E-state index contributed by atoms with van der Waals surface area (Å²) in [5.41, 5.74) is 1.33. The molecule has 0 bridgehead atoms. The van der Waals surface area contributed by atoms with Gasteiger partial charge < -0.3 is 5.32 Å². The second-order valence-corrected chi connectivity index (χ2v) is 5.03. The van der Waals surface area contributed by atoms with Crippen LogP contribution in [0.25, 0.3) is 5.69 Å². The second kappa shape index (κ2) is 5.46. The number of halogens is 2. The van der Waals surface area contributed by atoms with Crippen LogP contribution in [0.3, 0.4) is 0 Å². The van der Waals surface area contributed by atoms with Crippen molar-refractivity contribution in [1.29, 1.82) is 0 Å². The van der Waals surface area contributed by atoms with Crippen LogP contribution >= 0.6 is 15.9 Å². The summed E-state index contributed by atoms with van der Waals surface area (Å²) in [5.74, 6) is 0.226. The number of para-hydroxylation sites is 2. The Morgan fingerprint density at radius 1 is 1.05 bits per heavy atom. The predicted octanol–water partition coefficient (Wildman–Crippen LogP) is 4.52. The van der Waals surface area contributed by atoms with Crippen LogP contribution in [-0.4, -0.2) is 9.55 Å². The first kappa shape index (κ1) is 12.9. The minimum atomic E-state index is -0.331. The van der Waals surface area contributed by atoms with E-state index < -0.39 is 0 Å². The SMILES string of the molecule is Fc1cccc(Br)c1Nc1nccn1-c1ccccc1. The Morgan fingerprint density at radius 2 is 1.85 bits per heavy atom. The molecular weight excluding hydrogens is 321 g/mol. The van der Waals surface area contributed by atoms with E-state index >= 15 is 0 Å². The van der Waals surface area contributed by atoms with Crippen LogP contribution in [0.2, 0.25) is 0 Å². The van der Waals surface area contributed by atoms with Crippen molar-refractivity contribution in [2.45, 2.75) is 0 Å². The fourth-order valence-electron chi connectivity index (χ4n) is 1.92. The Hall–Kier alpha value is -2.14. The zero-order valence-electron chi connectivity index (χ0n) is 10.4. The van der Waals surface area contributed by atoms with E-state index in [9.17, 15) is 4.39 Å². The Balaban J connectivity index is 1.99. The zero-order chi connectivity index (χ0) is 13.9. The maximum Gasteiger partial charge on any atom is 0.212 e. The van der Waals surface area contributed by atoms with Gasteiger partial charge in [-0.2, -0.15) is 0 Å². The summed E-state index contributed by atoms with van der Waals surface area (Å²) in [6.07, 6.45) is 3.50. The van der Waals surface area contributed by atoms with Crippen molar-refractivity contribution >= 4 is 27.6 Å². The second-order valence-electron chi connectivity index (χ2n) is 4.18. The normalized spacial score (nSPS) is 10.5. The van der Waals surface area contributed by atoms with Gasteiger partial charge in [0.1, 0.15) is 5.82 Å². The van der Waals surface area contributed by atoms with Crippen LogP contribution in [0.5, 0.6) is 0 Å². The molecular formula is C15H11BrFN3. The third kappa shape index (κ3) is 2.44. The maximum atomic E-state index is 13.8. The Morgan fingerprint density at radius 3 is 2.60 bits per heavy atom. The predicted molar refractivity (Wildman–Crippen MR) is 80.9 cm³/mol. The lowest BCUT2D eigenvalue weighted by Gasteiger charge is -2.11. The molecule has 0 fully saturated rings. The van der Waals surface area contributed by atoms with Gasteiger partial charge in [0, 0.05) is 22.6 Å². The summed E-state index contributed by atoms with van der Waals surface area (Å²) in [4.78, 5) is 4.23. The third-order valence-electron chi connectivity index (χ3n) is 2.87. The monoisotopic (exact) mass is 331 g/mol. The summed E-state index contributed by atoms with van der Waals surface area (Å²) < 4.78 is 16.4. The minimum Gasteiger partial charge on any atom is -0.322 e. The van der Waals surface area contributed by atoms with Crippen molar-refractivity contribution < 1.29 is 4.39 Å². The standard InChI is InChI=1S/C15H11BrFN3/c16-12-7-4-8-13(17)14(12)19-15-18-9-10-20(15)11-5-2-1-3-6-11/h1-10H,(H,18,19). The van der Waals surface area contributed by atoms with Crippen LogP contribution in [0.15, 0.2) is 65.4 Å². The maximum absolute atomic E-state index is 13.8. The lowest BCUT2D eigenvalue weighted by Crippen LogP contribution is -2.03. The van der Waals surface area contributed by atoms with Crippen molar-refractivity contribution in [2.75, 3.05) is 5.32 Å². The minimum absolute atomic E-state index is 0.331. The van der Waals surface area contributed by atoms with E-state index in [1.165, 1.54) is 6.07 Å². The van der Waals surface area contributed by atoms with Crippen molar-refractivity contribution in [3.63, 3.8) is 0 Å². The average molecular weight is 332 g/mol. The molecule has 3 aromatic rings. The van der Waals surface area contributed by atoms with Crippen molar-refractivity contribution in [2.24, 2.45) is 0 Å². The Labute approximate surface area is 124 Å². The van der Waals surface area contributed by atoms with Gasteiger partial charge in [0.05, 0.1) is 5.69 Å². The summed E-state index contributed by atoms with van der Waals surface area (Å²) in [6, 6.07) is 14.6. The molecule has 0 aliphatic rings. The molecule has 0 aliphatic heterocycles. The number of benzene rings is 2. The fraction of sp³-hybridized carbons (Fsp3) is 0. The van der Waals surface area contributed by atoms with Gasteiger partial charge in [-0.15, -0.1) is 0 Å². The molecule has 3 rings (SSSR count). The number of nitrogens with zero attached hydrogens (tertiary/aromatic N) is 2. The van der Waals surface area contributed by atoms with Crippen LogP contribution in [0.1, 0.15) is 0 Å². The summed E-state index contributed by atoms with van der Waals surface area (Å²) in [7, 11) is 0.